The maximum absolute atomic E-state index is 12.1. The Morgan fingerprint density at radius 3 is 1.83 bits per heavy atom. The van der Waals surface area contributed by atoms with E-state index in [-0.39, 0.29) is 0 Å². The van der Waals surface area contributed by atoms with Gasteiger partial charge < -0.3 is 10.8 Å². The van der Waals surface area contributed by atoms with Gasteiger partial charge in [-0.3, -0.25) is 0 Å². The van der Waals surface area contributed by atoms with Crippen LogP contribution in [0.15, 0.2) is 0 Å². The third-order valence-corrected chi connectivity index (χ3v) is 1.17. The Morgan fingerprint density at radius 1 is 1.17 bits per heavy atom. The van der Waals surface area contributed by atoms with Crippen molar-refractivity contribution in [1.29, 1.82) is 0 Å². The second-order valence-electron chi connectivity index (χ2n) is 2.35. The van der Waals surface area contributed by atoms with Crippen molar-refractivity contribution in [2.75, 3.05) is 6.61 Å². The molecule has 3 N–H and O–H groups in total. The van der Waals surface area contributed by atoms with Crippen LogP contribution in [0.3, 0.4) is 0 Å². The van der Waals surface area contributed by atoms with Gasteiger partial charge in [0.2, 0.25) is 0 Å². The fourth-order valence-corrected chi connectivity index (χ4v) is 0.510. The fourth-order valence-electron chi connectivity index (χ4n) is 0.510. The lowest BCUT2D eigenvalue weighted by Gasteiger charge is -2.21. The van der Waals surface area contributed by atoms with E-state index in [2.05, 4.69) is 0 Å². The lowest BCUT2D eigenvalue weighted by atomic mass is 10.1. The van der Waals surface area contributed by atoms with E-state index in [1.165, 1.54) is 0 Å². The quantitative estimate of drug-likeness (QED) is 0.654. The molecule has 0 aromatic heterocycles. The summed E-state index contributed by atoms with van der Waals surface area (Å²) in [5, 5.41) is 8.14. The van der Waals surface area contributed by atoms with Crippen molar-refractivity contribution in [2.45, 2.75) is 24.6 Å². The van der Waals surface area contributed by atoms with Crippen LogP contribution in [-0.4, -0.2) is 29.9 Å². The maximum atomic E-state index is 12.1. The predicted octanol–water partition coefficient (Wildman–Crippen LogP) is 0.894. The zero-order chi connectivity index (χ0) is 9.99. The minimum atomic E-state index is -5.60. The molecule has 0 bridgehead atoms. The summed E-state index contributed by atoms with van der Waals surface area (Å²) in [6.45, 7) is -0.897. The number of rotatable bonds is 3. The molecule has 1 atom stereocenters. The van der Waals surface area contributed by atoms with Crippen molar-refractivity contribution in [1.82, 2.24) is 0 Å². The summed E-state index contributed by atoms with van der Waals surface area (Å²) in [5.74, 6) is -4.82. The van der Waals surface area contributed by atoms with Crippen molar-refractivity contribution in [3.05, 3.63) is 0 Å². The number of hydrogen-bond acceptors (Lipinski definition) is 2. The number of aliphatic hydroxyl groups excluding tert-OH is 1. The lowest BCUT2D eigenvalue weighted by Crippen LogP contribution is -2.43. The molecule has 0 heterocycles. The molecule has 0 saturated heterocycles. The first-order valence-corrected chi connectivity index (χ1v) is 3.01. The fraction of sp³-hybridized carbons (Fsp3) is 1.00. The molecule has 0 unspecified atom stereocenters. The van der Waals surface area contributed by atoms with E-state index in [0.717, 1.165) is 0 Å². The topological polar surface area (TPSA) is 46.2 Å². The van der Waals surface area contributed by atoms with Gasteiger partial charge in [0.15, 0.2) is 0 Å². The largest absolute Gasteiger partial charge is 0.453 e. The Balaban J connectivity index is 4.22. The molecule has 0 aliphatic heterocycles. The van der Waals surface area contributed by atoms with Gasteiger partial charge in [-0.2, -0.15) is 22.0 Å². The first kappa shape index (κ1) is 11.6. The molecule has 0 aliphatic carbocycles. The molecule has 0 aromatic rings. The number of nitrogens with two attached hydrogens (primary N) is 1. The zero-order valence-electron chi connectivity index (χ0n) is 5.91. The van der Waals surface area contributed by atoms with E-state index >= 15 is 0 Å². The average Bonchev–Trinajstić information content (AvgIpc) is 1.84. The van der Waals surface area contributed by atoms with Crippen LogP contribution in [0.5, 0.6) is 0 Å². The Hall–Kier alpha value is -0.430. The van der Waals surface area contributed by atoms with Crippen LogP contribution in [0.25, 0.3) is 0 Å². The van der Waals surface area contributed by atoms with Crippen molar-refractivity contribution in [3.63, 3.8) is 0 Å². The molecule has 7 heteroatoms. The van der Waals surface area contributed by atoms with E-state index < -0.39 is 31.2 Å². The van der Waals surface area contributed by atoms with Gasteiger partial charge in [-0.25, -0.2) is 0 Å². The molecule has 74 valence electrons. The SMILES string of the molecule is N[C@H](CO)CC(F)(F)C(F)(F)F. The summed E-state index contributed by atoms with van der Waals surface area (Å²) < 4.78 is 58.4. The summed E-state index contributed by atoms with van der Waals surface area (Å²) in [6, 6.07) is -1.55. The van der Waals surface area contributed by atoms with Gasteiger partial charge in [0, 0.05) is 12.5 Å². The van der Waals surface area contributed by atoms with Crippen LogP contribution in [0.2, 0.25) is 0 Å². The maximum Gasteiger partial charge on any atom is 0.453 e. The molecular formula is C5H8F5NO. The van der Waals surface area contributed by atoms with E-state index in [9.17, 15) is 22.0 Å². The van der Waals surface area contributed by atoms with E-state index in [0.29, 0.717) is 0 Å². The second-order valence-corrected chi connectivity index (χ2v) is 2.35. The highest BCUT2D eigenvalue weighted by Crippen LogP contribution is 2.38. The van der Waals surface area contributed by atoms with Gasteiger partial charge in [0.25, 0.3) is 0 Å². The van der Waals surface area contributed by atoms with Crippen LogP contribution >= 0.6 is 0 Å². The standard InChI is InChI=1S/C5H8F5NO/c6-4(7,5(8,9)10)1-3(11)2-12/h3,12H,1-2,11H2/t3-/m0/s1. The normalized spacial score (nSPS) is 16.2. The molecule has 0 rings (SSSR count). The van der Waals surface area contributed by atoms with E-state index in [1.54, 1.807) is 0 Å². The Kier molecular flexibility index (Phi) is 3.40. The molecule has 0 saturated carbocycles. The molecule has 0 aliphatic rings. The Bertz CT molecular complexity index is 145. The van der Waals surface area contributed by atoms with E-state index in [1.807, 2.05) is 0 Å². The average molecular weight is 193 g/mol. The molecule has 0 radical (unpaired) electrons. The highest BCUT2D eigenvalue weighted by atomic mass is 19.4. The smallest absolute Gasteiger partial charge is 0.395 e. The van der Waals surface area contributed by atoms with Gasteiger partial charge in [-0.05, 0) is 0 Å². The van der Waals surface area contributed by atoms with Crippen molar-refractivity contribution in [2.24, 2.45) is 5.73 Å². The van der Waals surface area contributed by atoms with Crippen molar-refractivity contribution < 1.29 is 27.1 Å². The summed E-state index contributed by atoms with van der Waals surface area (Å²) in [4.78, 5) is 0. The molecule has 0 fully saturated rings. The Morgan fingerprint density at radius 2 is 1.58 bits per heavy atom. The Labute approximate surface area is 65.2 Å². The molecule has 12 heavy (non-hydrogen) atoms. The third-order valence-electron chi connectivity index (χ3n) is 1.17. The molecule has 0 amide bonds. The van der Waals surface area contributed by atoms with E-state index in [4.69, 9.17) is 10.8 Å². The van der Waals surface area contributed by atoms with Gasteiger partial charge >= 0.3 is 12.1 Å². The molecular weight excluding hydrogens is 185 g/mol. The lowest BCUT2D eigenvalue weighted by molar-refractivity contribution is -0.286. The summed E-state index contributed by atoms with van der Waals surface area (Å²) >= 11 is 0. The highest BCUT2D eigenvalue weighted by Gasteiger charge is 2.57. The van der Waals surface area contributed by atoms with Gasteiger partial charge in [0.1, 0.15) is 0 Å². The summed E-state index contributed by atoms with van der Waals surface area (Å²) in [5.41, 5.74) is 4.73. The van der Waals surface area contributed by atoms with Gasteiger partial charge in [-0.1, -0.05) is 0 Å². The second kappa shape index (κ2) is 3.53. The number of alkyl halides is 5. The highest BCUT2D eigenvalue weighted by molar-refractivity contribution is 4.80. The van der Waals surface area contributed by atoms with Crippen LogP contribution in [0.1, 0.15) is 6.42 Å². The first-order valence-electron chi connectivity index (χ1n) is 3.01. The zero-order valence-corrected chi connectivity index (χ0v) is 5.91. The molecule has 0 aromatic carbocycles. The van der Waals surface area contributed by atoms with Gasteiger partial charge in [-0.15, -0.1) is 0 Å². The number of aliphatic hydroxyl groups is 1. The van der Waals surface area contributed by atoms with Crippen LogP contribution in [-0.2, 0) is 0 Å². The predicted molar refractivity (Wildman–Crippen MR) is 30.7 cm³/mol. The van der Waals surface area contributed by atoms with Gasteiger partial charge in [0.05, 0.1) is 6.61 Å². The van der Waals surface area contributed by atoms with Crippen molar-refractivity contribution >= 4 is 0 Å². The minimum absolute atomic E-state index is 0.897. The summed E-state index contributed by atoms with van der Waals surface area (Å²) in [7, 11) is 0. The number of halogens is 5. The van der Waals surface area contributed by atoms with Crippen molar-refractivity contribution in [3.8, 4) is 0 Å². The minimum Gasteiger partial charge on any atom is -0.395 e. The molecule has 0 spiro atoms. The van der Waals surface area contributed by atoms with Crippen LogP contribution in [0.4, 0.5) is 22.0 Å². The molecule has 2 nitrogen and oxygen atoms in total. The monoisotopic (exact) mass is 193 g/mol. The van der Waals surface area contributed by atoms with Crippen LogP contribution < -0.4 is 5.73 Å². The number of hydrogen-bond donors (Lipinski definition) is 2. The van der Waals surface area contributed by atoms with Crippen LogP contribution in [0, 0.1) is 0 Å². The first-order chi connectivity index (χ1) is 5.20. The third kappa shape index (κ3) is 2.90. The summed E-state index contributed by atoms with van der Waals surface area (Å²) in [6.07, 6.45) is -7.19.